The number of alkyl halides is 7. The highest BCUT2D eigenvalue weighted by atomic mass is 79.9. The summed E-state index contributed by atoms with van der Waals surface area (Å²) in [6.07, 6.45) is 0. The van der Waals surface area contributed by atoms with Crippen molar-refractivity contribution in [2.45, 2.75) is 14.2 Å². The first-order valence-corrected chi connectivity index (χ1v) is 12.7. The van der Waals surface area contributed by atoms with Gasteiger partial charge in [0.2, 0.25) is 4.51 Å². The minimum atomic E-state index is -0.960. The maximum atomic E-state index is 6.26. The van der Waals surface area contributed by atoms with Crippen molar-refractivity contribution in [1.82, 2.24) is 0 Å². The minimum absolute atomic E-state index is 0.657. The van der Waals surface area contributed by atoms with Crippen molar-refractivity contribution in [3.05, 3.63) is 39.3 Å². The van der Waals surface area contributed by atoms with E-state index in [1.807, 2.05) is 30.3 Å². The molecule has 0 aromatic heterocycles. The van der Waals surface area contributed by atoms with E-state index >= 15 is 0 Å². The van der Waals surface area contributed by atoms with Crippen LogP contribution >= 0.6 is 143 Å². The summed E-state index contributed by atoms with van der Waals surface area (Å²) in [4.78, 5) is 0. The fraction of sp³-hybridized carbons (Fsp3) is 0.333. The predicted molar refractivity (Wildman–Crippen MR) is 125 cm³/mol. The van der Waals surface area contributed by atoms with Gasteiger partial charge < -0.3 is 4.74 Å². The fourth-order valence-electron chi connectivity index (χ4n) is 1.71. The van der Waals surface area contributed by atoms with Gasteiger partial charge in [0.25, 0.3) is 0 Å². The SMILES string of the molecule is BrC1=C(Br)C(Br)(Oc2ccccc2)C(Br)(Br)C(Br)(Br)C1(Br)Br. The molecule has 0 amide bonds. The van der Waals surface area contributed by atoms with Crippen molar-refractivity contribution in [2.24, 2.45) is 0 Å². The second-order valence-electron chi connectivity index (χ2n) is 4.36. The zero-order valence-corrected chi connectivity index (χ0v) is 24.5. The van der Waals surface area contributed by atoms with Crippen LogP contribution in [0.4, 0.5) is 0 Å². The molecule has 2 rings (SSSR count). The van der Waals surface area contributed by atoms with Crippen molar-refractivity contribution in [1.29, 1.82) is 0 Å². The largest absolute Gasteiger partial charge is 0.468 e. The van der Waals surface area contributed by atoms with Gasteiger partial charge in [-0.1, -0.05) is 130 Å². The summed E-state index contributed by atoms with van der Waals surface area (Å²) < 4.78 is 4.69. The standard InChI is InChI=1S/C12H5Br9O/c13-7-8(14)10(17,22-6-4-2-1-3-5-6)12(20,21)11(18,19)9(7,15)16/h1-5H. The molecular formula is C12H5Br9O. The molecule has 1 aromatic carbocycles. The number of benzene rings is 1. The molecule has 0 heterocycles. The second kappa shape index (κ2) is 7.24. The average Bonchev–Trinajstić information content (AvgIpc) is 2.44. The lowest BCUT2D eigenvalue weighted by Crippen LogP contribution is -2.64. The van der Waals surface area contributed by atoms with Crippen LogP contribution in [0.3, 0.4) is 0 Å². The third-order valence-electron chi connectivity index (χ3n) is 2.94. The molecule has 1 unspecified atom stereocenters. The summed E-state index contributed by atoms with van der Waals surface area (Å²) in [6.45, 7) is 0. The number of halogens is 9. The van der Waals surface area contributed by atoms with E-state index < -0.39 is 14.2 Å². The molecule has 1 aliphatic carbocycles. The van der Waals surface area contributed by atoms with Crippen LogP contribution < -0.4 is 4.74 Å². The highest BCUT2D eigenvalue weighted by molar-refractivity contribution is 9.33. The minimum Gasteiger partial charge on any atom is -0.468 e. The summed E-state index contributed by atoms with van der Waals surface area (Å²) >= 11 is 33.3. The van der Waals surface area contributed by atoms with Crippen molar-refractivity contribution < 1.29 is 4.74 Å². The summed E-state index contributed by atoms with van der Waals surface area (Å²) in [6, 6.07) is 9.55. The molecule has 1 aliphatic rings. The van der Waals surface area contributed by atoms with Crippen LogP contribution in [0, 0.1) is 0 Å². The van der Waals surface area contributed by atoms with Crippen LogP contribution in [0.2, 0.25) is 0 Å². The third kappa shape index (κ3) is 3.22. The molecule has 0 saturated heterocycles. The topological polar surface area (TPSA) is 9.23 Å². The summed E-state index contributed by atoms with van der Waals surface area (Å²) in [5, 5.41) is 0. The molecule has 22 heavy (non-hydrogen) atoms. The van der Waals surface area contributed by atoms with Gasteiger partial charge in [-0.3, -0.25) is 0 Å². The highest BCUT2D eigenvalue weighted by Gasteiger charge is 2.73. The van der Waals surface area contributed by atoms with Gasteiger partial charge in [0, 0.05) is 4.48 Å². The molecular weight excluding hydrogens is 879 g/mol. The first-order valence-electron chi connectivity index (χ1n) is 5.52. The van der Waals surface area contributed by atoms with Crippen molar-refractivity contribution in [3.8, 4) is 5.75 Å². The molecule has 0 aliphatic heterocycles. The van der Waals surface area contributed by atoms with Gasteiger partial charge in [0.05, 0.1) is 4.48 Å². The number of para-hydroxylation sites is 1. The maximum absolute atomic E-state index is 6.26. The third-order valence-corrected chi connectivity index (χ3v) is 20.2. The number of hydrogen-bond acceptors (Lipinski definition) is 1. The smallest absolute Gasteiger partial charge is 0.222 e. The number of hydrogen-bond donors (Lipinski definition) is 0. The van der Waals surface area contributed by atoms with E-state index in [0.29, 0.717) is 5.75 Å². The van der Waals surface area contributed by atoms with E-state index in [-0.39, 0.29) is 0 Å². The Balaban J connectivity index is 2.65. The molecule has 0 bridgehead atoms. The van der Waals surface area contributed by atoms with Crippen LogP contribution in [0.15, 0.2) is 39.3 Å². The van der Waals surface area contributed by atoms with Crippen molar-refractivity contribution in [2.75, 3.05) is 0 Å². The molecule has 0 saturated carbocycles. The molecule has 1 nitrogen and oxygen atoms in total. The van der Waals surface area contributed by atoms with Crippen LogP contribution in [-0.2, 0) is 0 Å². The van der Waals surface area contributed by atoms with Crippen LogP contribution in [0.5, 0.6) is 5.75 Å². The summed E-state index contributed by atoms with van der Waals surface area (Å²) in [5.41, 5.74) is 0. The molecule has 122 valence electrons. The van der Waals surface area contributed by atoms with Crippen LogP contribution in [0.25, 0.3) is 0 Å². The Bertz CT molecular complexity index is 610. The molecule has 10 heteroatoms. The van der Waals surface area contributed by atoms with E-state index in [9.17, 15) is 0 Å². The Labute approximate surface area is 204 Å². The first-order chi connectivity index (χ1) is 9.89. The van der Waals surface area contributed by atoms with E-state index in [2.05, 4.69) is 143 Å². The molecule has 0 fully saturated rings. The summed E-state index contributed by atoms with van der Waals surface area (Å²) in [5.74, 6) is 0.715. The van der Waals surface area contributed by atoms with Gasteiger partial charge in [-0.25, -0.2) is 0 Å². The highest BCUT2D eigenvalue weighted by Crippen LogP contribution is 2.73. The lowest BCUT2D eigenvalue weighted by molar-refractivity contribution is 0.199. The summed E-state index contributed by atoms with van der Waals surface area (Å²) in [7, 11) is 0. The maximum Gasteiger partial charge on any atom is 0.222 e. The Morgan fingerprint density at radius 2 is 1.18 bits per heavy atom. The van der Waals surface area contributed by atoms with Crippen molar-refractivity contribution >= 4 is 143 Å². The molecule has 1 atom stereocenters. The van der Waals surface area contributed by atoms with Gasteiger partial charge in [-0.05, 0) is 44.0 Å². The van der Waals surface area contributed by atoms with Gasteiger partial charge in [0.1, 0.15) is 12.2 Å². The lowest BCUT2D eigenvalue weighted by Gasteiger charge is -2.54. The molecule has 0 N–H and O–H groups in total. The Kier molecular flexibility index (Phi) is 7.04. The van der Waals surface area contributed by atoms with Crippen molar-refractivity contribution in [3.63, 3.8) is 0 Å². The number of rotatable bonds is 2. The molecule has 0 radical (unpaired) electrons. The van der Waals surface area contributed by atoms with Gasteiger partial charge >= 0.3 is 0 Å². The number of allylic oxidation sites excluding steroid dienone is 1. The van der Waals surface area contributed by atoms with Crippen LogP contribution in [0.1, 0.15) is 0 Å². The Hall–Kier alpha value is 3.08. The van der Waals surface area contributed by atoms with E-state index in [0.717, 1.165) is 8.96 Å². The Morgan fingerprint density at radius 1 is 0.682 bits per heavy atom. The first kappa shape index (κ1) is 21.4. The van der Waals surface area contributed by atoms with Gasteiger partial charge in [-0.15, -0.1) is 0 Å². The van der Waals surface area contributed by atoms with E-state index in [1.165, 1.54) is 0 Å². The fourth-order valence-corrected chi connectivity index (χ4v) is 10.2. The zero-order valence-electron chi connectivity index (χ0n) is 10.2. The predicted octanol–water partition coefficient (Wildman–Crippen LogP) is 8.63. The van der Waals surface area contributed by atoms with Crippen LogP contribution in [-0.4, -0.2) is 14.2 Å². The second-order valence-corrected chi connectivity index (χ2v) is 17.4. The number of ether oxygens (including phenoxy) is 1. The quantitative estimate of drug-likeness (QED) is 0.271. The normalized spacial score (nSPS) is 29.3. The monoisotopic (exact) mass is 875 g/mol. The average molecular weight is 884 g/mol. The zero-order chi connectivity index (χ0) is 17.0. The van der Waals surface area contributed by atoms with E-state index in [4.69, 9.17) is 4.74 Å². The lowest BCUT2D eigenvalue weighted by atomic mass is 10.0. The molecule has 1 aromatic rings. The van der Waals surface area contributed by atoms with Gasteiger partial charge in [-0.2, -0.15) is 0 Å². The van der Waals surface area contributed by atoms with Gasteiger partial charge in [0.15, 0.2) is 3.23 Å². The Morgan fingerprint density at radius 3 is 1.68 bits per heavy atom. The molecule has 0 spiro atoms. The van der Waals surface area contributed by atoms with E-state index in [1.54, 1.807) is 0 Å².